The molecule has 3 aliphatic rings. The summed E-state index contributed by atoms with van der Waals surface area (Å²) in [5.74, 6) is 3.17. The number of benzene rings is 3. The number of piperazine rings is 1. The number of nitrogens with one attached hydrogen (secondary N) is 1. The molecule has 0 spiro atoms. The number of anilines is 3. The second-order valence-electron chi connectivity index (χ2n) is 12.1. The molecular weight excluding hydrogens is 594 g/mol. The quantitative estimate of drug-likeness (QED) is 0.266. The molecule has 0 atom stereocenters. The van der Waals surface area contributed by atoms with Gasteiger partial charge in [0.05, 0.1) is 25.2 Å². The molecule has 5 heterocycles. The maximum atomic E-state index is 13.2. The van der Waals surface area contributed by atoms with Gasteiger partial charge in [-0.3, -0.25) is 14.3 Å². The Morgan fingerprint density at radius 1 is 0.766 bits per heavy atom. The van der Waals surface area contributed by atoms with Crippen LogP contribution in [0.1, 0.15) is 11.1 Å². The molecular formula is C36H37N7O4. The van der Waals surface area contributed by atoms with E-state index in [1.165, 1.54) is 5.56 Å². The third-order valence-electron chi connectivity index (χ3n) is 9.10. The number of rotatable bonds is 8. The molecule has 5 aromatic rings. The molecule has 0 saturated carbocycles. The van der Waals surface area contributed by atoms with E-state index < -0.39 is 0 Å². The summed E-state index contributed by atoms with van der Waals surface area (Å²) in [7, 11) is 0. The van der Waals surface area contributed by atoms with E-state index in [2.05, 4.69) is 66.6 Å². The van der Waals surface area contributed by atoms with E-state index in [-0.39, 0.29) is 12.3 Å². The standard InChI is InChI=1S/C36H37N7O4/c44-36(37-28-6-8-29(9-7-28)41-17-19-45-20-18-41)22-27-24-43(31-4-2-1-3-30(27)31)35-12-11-34(38-39-35)42-15-13-40(14-16-42)23-26-5-10-32-33(21-26)47-25-46-32/h1-12,21,24H,13-20,22-23,25H2,(H,37,44). The van der Waals surface area contributed by atoms with Gasteiger partial charge >= 0.3 is 0 Å². The Labute approximate surface area is 273 Å². The van der Waals surface area contributed by atoms with Gasteiger partial charge in [-0.15, -0.1) is 10.2 Å². The molecule has 240 valence electrons. The number of carbonyl (C=O) groups excluding carboxylic acids is 1. The van der Waals surface area contributed by atoms with Gasteiger partial charge in [-0.2, -0.15) is 0 Å². The zero-order chi connectivity index (χ0) is 31.6. The molecule has 11 heteroatoms. The first kappa shape index (κ1) is 29.3. The first-order valence-corrected chi connectivity index (χ1v) is 16.2. The number of carbonyl (C=O) groups is 1. The normalized spacial score (nSPS) is 16.5. The van der Waals surface area contributed by atoms with E-state index in [1.54, 1.807) is 0 Å². The van der Waals surface area contributed by atoms with Gasteiger partial charge in [-0.05, 0) is 65.7 Å². The molecule has 8 rings (SSSR count). The Kier molecular flexibility index (Phi) is 8.06. The predicted molar refractivity (Wildman–Crippen MR) is 181 cm³/mol. The highest BCUT2D eigenvalue weighted by molar-refractivity contribution is 5.96. The van der Waals surface area contributed by atoms with Crippen molar-refractivity contribution in [3.8, 4) is 17.3 Å². The minimum Gasteiger partial charge on any atom is -0.454 e. The molecule has 0 radical (unpaired) electrons. The lowest BCUT2D eigenvalue weighted by Gasteiger charge is -2.35. The van der Waals surface area contributed by atoms with E-state index in [9.17, 15) is 4.79 Å². The van der Waals surface area contributed by atoms with Gasteiger partial charge in [0.25, 0.3) is 0 Å². The van der Waals surface area contributed by atoms with Crippen LogP contribution in [0.25, 0.3) is 16.7 Å². The third-order valence-corrected chi connectivity index (χ3v) is 9.10. The maximum absolute atomic E-state index is 13.2. The monoisotopic (exact) mass is 631 g/mol. The fourth-order valence-corrected chi connectivity index (χ4v) is 6.58. The average Bonchev–Trinajstić information content (AvgIpc) is 3.74. The number of hydrogen-bond donors (Lipinski definition) is 1. The topological polar surface area (TPSA) is 97.2 Å². The number of nitrogens with zero attached hydrogens (tertiary/aromatic N) is 6. The van der Waals surface area contributed by atoms with Crippen LogP contribution in [0, 0.1) is 0 Å². The molecule has 3 aromatic carbocycles. The molecule has 3 aliphatic heterocycles. The van der Waals surface area contributed by atoms with Crippen LogP contribution in [0.5, 0.6) is 11.5 Å². The number of hydrogen-bond acceptors (Lipinski definition) is 9. The van der Waals surface area contributed by atoms with Crippen molar-refractivity contribution < 1.29 is 19.0 Å². The molecule has 47 heavy (non-hydrogen) atoms. The number of aromatic nitrogens is 3. The zero-order valence-electron chi connectivity index (χ0n) is 26.2. The van der Waals surface area contributed by atoms with Crippen LogP contribution in [-0.4, -0.2) is 84.8 Å². The molecule has 1 amide bonds. The van der Waals surface area contributed by atoms with Gasteiger partial charge < -0.3 is 29.3 Å². The van der Waals surface area contributed by atoms with Gasteiger partial charge in [0.15, 0.2) is 23.1 Å². The molecule has 2 saturated heterocycles. The summed E-state index contributed by atoms with van der Waals surface area (Å²) in [5, 5.41) is 13.3. The van der Waals surface area contributed by atoms with Crippen LogP contribution in [0.4, 0.5) is 17.2 Å². The number of fused-ring (bicyclic) bond motifs is 2. The van der Waals surface area contributed by atoms with E-state index >= 15 is 0 Å². The molecule has 1 N–H and O–H groups in total. The highest BCUT2D eigenvalue weighted by Gasteiger charge is 2.21. The highest BCUT2D eigenvalue weighted by atomic mass is 16.7. The van der Waals surface area contributed by atoms with Crippen molar-refractivity contribution in [3.05, 3.63) is 96.2 Å². The van der Waals surface area contributed by atoms with Gasteiger partial charge in [-0.1, -0.05) is 24.3 Å². The van der Waals surface area contributed by atoms with Gasteiger partial charge in [-0.25, -0.2) is 0 Å². The number of amides is 1. The van der Waals surface area contributed by atoms with Crippen LogP contribution in [-0.2, 0) is 22.5 Å². The Balaban J connectivity index is 0.906. The molecule has 0 bridgehead atoms. The SMILES string of the molecule is O=C(Cc1cn(-c2ccc(N3CCN(Cc4ccc5c(c4)OCO5)CC3)nn2)c2ccccc12)Nc1ccc(N2CCOCC2)cc1. The summed E-state index contributed by atoms with van der Waals surface area (Å²) in [6, 6.07) is 26.4. The highest BCUT2D eigenvalue weighted by Crippen LogP contribution is 2.33. The third kappa shape index (κ3) is 6.32. The number of ether oxygens (including phenoxy) is 3. The van der Waals surface area contributed by atoms with Crippen molar-refractivity contribution in [3.63, 3.8) is 0 Å². The van der Waals surface area contributed by atoms with Crippen molar-refractivity contribution in [1.29, 1.82) is 0 Å². The molecule has 2 fully saturated rings. The van der Waals surface area contributed by atoms with E-state index in [0.717, 1.165) is 110 Å². The summed E-state index contributed by atoms with van der Waals surface area (Å²) in [6.07, 6.45) is 2.26. The fraction of sp³-hybridized carbons (Fsp3) is 0.306. The van der Waals surface area contributed by atoms with Gasteiger partial charge in [0.2, 0.25) is 12.7 Å². The van der Waals surface area contributed by atoms with Crippen LogP contribution in [0.15, 0.2) is 85.1 Å². The van der Waals surface area contributed by atoms with E-state index in [0.29, 0.717) is 6.79 Å². The number of para-hydroxylation sites is 1. The second-order valence-corrected chi connectivity index (χ2v) is 12.1. The van der Waals surface area contributed by atoms with Gasteiger partial charge in [0, 0.05) is 68.8 Å². The predicted octanol–water partition coefficient (Wildman–Crippen LogP) is 4.49. The van der Waals surface area contributed by atoms with Crippen molar-refractivity contribution in [2.24, 2.45) is 0 Å². The van der Waals surface area contributed by atoms with Crippen LogP contribution < -0.4 is 24.6 Å². The van der Waals surface area contributed by atoms with Crippen LogP contribution in [0.3, 0.4) is 0 Å². The summed E-state index contributed by atoms with van der Waals surface area (Å²) in [4.78, 5) is 20.2. The van der Waals surface area contributed by atoms with Crippen LogP contribution >= 0.6 is 0 Å². The van der Waals surface area contributed by atoms with E-state index in [4.69, 9.17) is 14.2 Å². The summed E-state index contributed by atoms with van der Waals surface area (Å²) < 4.78 is 18.5. The first-order chi connectivity index (χ1) is 23.2. The summed E-state index contributed by atoms with van der Waals surface area (Å²) >= 11 is 0. The van der Waals surface area contributed by atoms with Crippen molar-refractivity contribution in [2.45, 2.75) is 13.0 Å². The Morgan fingerprint density at radius 2 is 1.53 bits per heavy atom. The van der Waals surface area contributed by atoms with Crippen molar-refractivity contribution in [2.75, 3.05) is 74.4 Å². The largest absolute Gasteiger partial charge is 0.454 e. The van der Waals surface area contributed by atoms with E-state index in [1.807, 2.05) is 53.2 Å². The molecule has 0 unspecified atom stereocenters. The lowest BCUT2D eigenvalue weighted by Crippen LogP contribution is -2.46. The minimum atomic E-state index is -0.0638. The smallest absolute Gasteiger partial charge is 0.231 e. The van der Waals surface area contributed by atoms with Crippen molar-refractivity contribution in [1.82, 2.24) is 19.7 Å². The summed E-state index contributed by atoms with van der Waals surface area (Å²) in [6.45, 7) is 8.02. The minimum absolute atomic E-state index is 0.0638. The van der Waals surface area contributed by atoms with Gasteiger partial charge in [0.1, 0.15) is 0 Å². The molecule has 11 nitrogen and oxygen atoms in total. The molecule has 0 aliphatic carbocycles. The first-order valence-electron chi connectivity index (χ1n) is 16.2. The summed E-state index contributed by atoms with van der Waals surface area (Å²) in [5.41, 5.74) is 5.07. The zero-order valence-corrected chi connectivity index (χ0v) is 26.2. The van der Waals surface area contributed by atoms with Crippen molar-refractivity contribution >= 4 is 34.0 Å². The lowest BCUT2D eigenvalue weighted by atomic mass is 10.1. The fourth-order valence-electron chi connectivity index (χ4n) is 6.58. The maximum Gasteiger partial charge on any atom is 0.231 e. The number of morpholine rings is 1. The Morgan fingerprint density at radius 3 is 2.34 bits per heavy atom. The lowest BCUT2D eigenvalue weighted by molar-refractivity contribution is -0.115. The van der Waals surface area contributed by atoms with Crippen LogP contribution in [0.2, 0.25) is 0 Å². The second kappa shape index (κ2) is 12.9. The Bertz CT molecular complexity index is 1860. The average molecular weight is 632 g/mol. The Hall–Kier alpha value is -5.13. The molecule has 2 aromatic heterocycles.